The van der Waals surface area contributed by atoms with Gasteiger partial charge in [0.15, 0.2) is 12.4 Å². The van der Waals surface area contributed by atoms with Crippen LogP contribution in [0.1, 0.15) is 96.5 Å². The molecule has 1 aromatic rings. The van der Waals surface area contributed by atoms with Gasteiger partial charge in [0, 0.05) is 31.6 Å². The Morgan fingerprint density at radius 3 is 2.52 bits per heavy atom. The Morgan fingerprint density at radius 2 is 1.83 bits per heavy atom. The normalized spacial score (nSPS) is 33.8. The fraction of sp³-hybridized carbons (Fsp3) is 0.611. The second-order valence-corrected chi connectivity index (χ2v) is 13.4. The Morgan fingerprint density at radius 1 is 1.07 bits per heavy atom. The first-order valence-corrected chi connectivity index (χ1v) is 16.0. The third-order valence-corrected chi connectivity index (χ3v) is 11.4. The van der Waals surface area contributed by atoms with E-state index in [0.717, 1.165) is 51.6 Å². The van der Waals surface area contributed by atoms with Gasteiger partial charge >= 0.3 is 5.97 Å². The number of allylic oxidation sites excluding steroid dienone is 3. The predicted molar refractivity (Wildman–Crippen MR) is 165 cm³/mol. The second-order valence-electron chi connectivity index (χ2n) is 13.4. The number of anilines is 1. The van der Waals surface area contributed by atoms with Crippen molar-refractivity contribution in [2.75, 3.05) is 24.6 Å². The lowest BCUT2D eigenvalue weighted by Crippen LogP contribution is -2.51. The summed E-state index contributed by atoms with van der Waals surface area (Å²) in [4.78, 5) is 39.6. The monoisotopic (exact) mass is 568 g/mol. The molecule has 1 aliphatic heterocycles. The van der Waals surface area contributed by atoms with Crippen LogP contribution in [0, 0.1) is 39.4 Å². The summed E-state index contributed by atoms with van der Waals surface area (Å²) in [6, 6.07) is 9.00. The molecular formula is C36H44N2O4. The third kappa shape index (κ3) is 4.74. The molecule has 6 nitrogen and oxygen atoms in total. The van der Waals surface area contributed by atoms with Crippen LogP contribution in [0.4, 0.5) is 5.69 Å². The van der Waals surface area contributed by atoms with Gasteiger partial charge in [-0.2, -0.15) is 4.91 Å². The maximum atomic E-state index is 14.0. The second kappa shape index (κ2) is 11.5. The van der Waals surface area contributed by atoms with Gasteiger partial charge in [0.05, 0.1) is 5.41 Å². The minimum atomic E-state index is -0.834. The number of esters is 1. The van der Waals surface area contributed by atoms with Crippen LogP contribution in [0.15, 0.2) is 52.2 Å². The van der Waals surface area contributed by atoms with Gasteiger partial charge in [0.25, 0.3) is 0 Å². The molecule has 2 saturated carbocycles. The first kappa shape index (κ1) is 28.9. The van der Waals surface area contributed by atoms with E-state index in [4.69, 9.17) is 4.74 Å². The highest BCUT2D eigenvalue weighted by molar-refractivity contribution is 5.91. The van der Waals surface area contributed by atoms with Gasteiger partial charge in [-0.1, -0.05) is 41.8 Å². The number of ketones is 1. The Labute approximate surface area is 250 Å². The topological polar surface area (TPSA) is 76.0 Å². The van der Waals surface area contributed by atoms with Crippen molar-refractivity contribution in [1.82, 2.24) is 0 Å². The molecule has 0 N–H and O–H groups in total. The van der Waals surface area contributed by atoms with Crippen LogP contribution < -0.4 is 4.90 Å². The van der Waals surface area contributed by atoms with Crippen LogP contribution >= 0.6 is 0 Å². The van der Waals surface area contributed by atoms with Crippen molar-refractivity contribution in [3.05, 3.63) is 57.5 Å². The molecule has 5 aliphatic rings. The smallest absolute Gasteiger partial charge is 0.303 e. The highest BCUT2D eigenvalue weighted by atomic mass is 16.5. The van der Waals surface area contributed by atoms with Crippen molar-refractivity contribution in [3.8, 4) is 11.8 Å². The van der Waals surface area contributed by atoms with Crippen molar-refractivity contribution >= 4 is 17.4 Å². The summed E-state index contributed by atoms with van der Waals surface area (Å²) in [5, 5.41) is 3.38. The van der Waals surface area contributed by atoms with Crippen LogP contribution in [0.2, 0.25) is 0 Å². The van der Waals surface area contributed by atoms with E-state index < -0.39 is 11.4 Å². The lowest BCUT2D eigenvalue weighted by atomic mass is 9.48. The van der Waals surface area contributed by atoms with Gasteiger partial charge in [-0.15, -0.1) is 5.92 Å². The number of benzene rings is 1. The average Bonchev–Trinajstić information content (AvgIpc) is 3.32. The maximum absolute atomic E-state index is 14.0. The fourth-order valence-electron chi connectivity index (χ4n) is 9.49. The molecule has 2 unspecified atom stereocenters. The Kier molecular flexibility index (Phi) is 7.89. The van der Waals surface area contributed by atoms with Gasteiger partial charge < -0.3 is 9.64 Å². The number of hydrogen-bond acceptors (Lipinski definition) is 6. The first-order chi connectivity index (χ1) is 20.3. The van der Waals surface area contributed by atoms with Crippen LogP contribution in [0.25, 0.3) is 0 Å². The summed E-state index contributed by atoms with van der Waals surface area (Å²) in [7, 11) is 0. The molecule has 1 aromatic carbocycles. The first-order valence-electron chi connectivity index (χ1n) is 16.0. The molecule has 1 heterocycles. The molecule has 0 radical (unpaired) electrons. The number of carbonyl (C=O) groups is 2. The predicted octanol–water partition coefficient (Wildman–Crippen LogP) is 7.28. The SMILES string of the molecule is CC#C[C@]1(C(=O)COC(C)=O)CC[C@H]2[C@@H]3CCC4=CC(N=O)CCC4=C3C(c3ccc(N4CCCCC4)cc3)C[C@@]21C. The molecule has 3 fully saturated rings. The number of Topliss-reactive ketones (excluding diaryl/α,β-unsaturated/α-hetero) is 1. The Balaban J connectivity index is 1.45. The van der Waals surface area contributed by atoms with E-state index in [1.807, 2.05) is 6.92 Å². The van der Waals surface area contributed by atoms with Crippen molar-refractivity contribution in [2.24, 2.45) is 27.8 Å². The summed E-state index contributed by atoms with van der Waals surface area (Å²) in [5.41, 5.74) is 5.72. The summed E-state index contributed by atoms with van der Waals surface area (Å²) in [6.07, 6.45) is 12.0. The summed E-state index contributed by atoms with van der Waals surface area (Å²) >= 11 is 0. The zero-order valence-corrected chi connectivity index (χ0v) is 25.4. The van der Waals surface area contributed by atoms with E-state index in [0.29, 0.717) is 18.3 Å². The number of carbonyl (C=O) groups excluding carboxylic acids is 2. The quantitative estimate of drug-likeness (QED) is 0.205. The van der Waals surface area contributed by atoms with Crippen LogP contribution in [0.5, 0.6) is 0 Å². The lowest BCUT2D eigenvalue weighted by Gasteiger charge is -2.54. The minimum absolute atomic E-state index is 0.0543. The fourth-order valence-corrected chi connectivity index (χ4v) is 9.49. The molecule has 0 aromatic heterocycles. The number of piperidine rings is 1. The molecule has 0 spiro atoms. The zero-order valence-electron chi connectivity index (χ0n) is 25.4. The molecular weight excluding hydrogens is 524 g/mol. The lowest BCUT2D eigenvalue weighted by molar-refractivity contribution is -0.150. The van der Waals surface area contributed by atoms with Crippen molar-refractivity contribution < 1.29 is 14.3 Å². The summed E-state index contributed by atoms with van der Waals surface area (Å²) in [6.45, 7) is 7.49. The number of rotatable bonds is 6. The van der Waals surface area contributed by atoms with E-state index in [9.17, 15) is 14.5 Å². The van der Waals surface area contributed by atoms with E-state index >= 15 is 0 Å². The molecule has 42 heavy (non-hydrogen) atoms. The standard InChI is InChI=1S/C36H44N2O4/c1-4-17-36(33(40)23-42-24(2)39)18-16-32-30-14-10-26-21-27(37-41)11-15-29(26)34(30)31(22-35(32,36)3)25-8-12-28(13-9-25)38-19-6-5-7-20-38/h8-9,12-13,21,27,30-32H,5-7,10-11,14-16,18-20,22-23H2,1-3H3/t27?,30-,31?,32-,35-,36+/m0/s1. The number of ether oxygens (including phenoxy) is 1. The molecule has 6 rings (SSSR count). The zero-order chi connectivity index (χ0) is 29.5. The van der Waals surface area contributed by atoms with Crippen LogP contribution in [0.3, 0.4) is 0 Å². The number of fused-ring (bicyclic) bond motifs is 4. The van der Waals surface area contributed by atoms with Gasteiger partial charge in [-0.25, -0.2) is 0 Å². The van der Waals surface area contributed by atoms with E-state index in [1.165, 1.54) is 54.2 Å². The van der Waals surface area contributed by atoms with Crippen LogP contribution in [-0.4, -0.2) is 37.5 Å². The minimum Gasteiger partial charge on any atom is -0.458 e. The molecule has 0 bridgehead atoms. The maximum Gasteiger partial charge on any atom is 0.303 e. The van der Waals surface area contributed by atoms with Gasteiger partial charge in [-0.3, -0.25) is 9.59 Å². The molecule has 4 aliphatic carbocycles. The number of hydrogen-bond donors (Lipinski definition) is 0. The molecule has 0 amide bonds. The molecule has 6 atom stereocenters. The number of nitrogens with zero attached hydrogens (tertiary/aromatic N) is 2. The highest BCUT2D eigenvalue weighted by Gasteiger charge is 2.65. The molecule has 6 heteroatoms. The van der Waals surface area contributed by atoms with Gasteiger partial charge in [0.2, 0.25) is 0 Å². The summed E-state index contributed by atoms with van der Waals surface area (Å²) < 4.78 is 5.28. The third-order valence-electron chi connectivity index (χ3n) is 11.4. The highest BCUT2D eigenvalue weighted by Crippen LogP contribution is 2.69. The van der Waals surface area contributed by atoms with E-state index in [1.54, 1.807) is 0 Å². The average molecular weight is 569 g/mol. The van der Waals surface area contributed by atoms with Crippen molar-refractivity contribution in [1.29, 1.82) is 0 Å². The molecule has 222 valence electrons. The van der Waals surface area contributed by atoms with Crippen molar-refractivity contribution in [3.63, 3.8) is 0 Å². The Bertz CT molecular complexity index is 1370. The van der Waals surface area contributed by atoms with E-state index in [-0.39, 0.29) is 29.8 Å². The molecule has 1 saturated heterocycles. The van der Waals surface area contributed by atoms with Gasteiger partial charge in [0.1, 0.15) is 6.04 Å². The van der Waals surface area contributed by atoms with E-state index in [2.05, 4.69) is 59.2 Å². The van der Waals surface area contributed by atoms with Crippen LogP contribution in [-0.2, 0) is 14.3 Å². The van der Waals surface area contributed by atoms with Gasteiger partial charge in [-0.05, 0) is 117 Å². The largest absolute Gasteiger partial charge is 0.458 e. The summed E-state index contributed by atoms with van der Waals surface area (Å²) in [5.74, 6) is 6.94. The van der Waals surface area contributed by atoms with Crippen molar-refractivity contribution in [2.45, 2.75) is 96.9 Å². The number of nitroso groups, excluding NO2 is 1. The Hall–Kier alpha value is -3.20.